The molecule has 116 valence electrons. The lowest BCUT2D eigenvalue weighted by molar-refractivity contribution is 0.0683. The maximum atomic E-state index is 12.0. The average molecular weight is 328 g/mol. The summed E-state index contributed by atoms with van der Waals surface area (Å²) in [6.45, 7) is 0. The molecule has 0 aliphatic carbocycles. The highest BCUT2D eigenvalue weighted by atomic mass is 31.2. The van der Waals surface area contributed by atoms with Gasteiger partial charge in [0.1, 0.15) is 5.75 Å². The van der Waals surface area contributed by atoms with Crippen molar-refractivity contribution >= 4 is 24.6 Å². The summed E-state index contributed by atoms with van der Waals surface area (Å²) in [7, 11) is -4.56. The summed E-state index contributed by atoms with van der Waals surface area (Å²) < 4.78 is 21.6. The van der Waals surface area contributed by atoms with Crippen LogP contribution < -0.4 is 4.52 Å². The van der Waals surface area contributed by atoms with Gasteiger partial charge >= 0.3 is 13.8 Å². The second kappa shape index (κ2) is 6.24. The fraction of sp³-hybridized carbons (Fsp3) is 0. The van der Waals surface area contributed by atoms with Gasteiger partial charge < -0.3 is 9.05 Å². The van der Waals surface area contributed by atoms with Gasteiger partial charge in [0.25, 0.3) is 0 Å². The number of phosphoric ester groups is 1. The first kappa shape index (κ1) is 15.3. The third kappa shape index (κ3) is 3.77. The van der Waals surface area contributed by atoms with Gasteiger partial charge in [-0.1, -0.05) is 48.5 Å². The molecular formula is C17H13O5P. The van der Waals surface area contributed by atoms with Crippen molar-refractivity contribution < 1.29 is 23.3 Å². The Morgan fingerprint density at radius 3 is 2.26 bits per heavy atom. The van der Waals surface area contributed by atoms with Crippen LogP contribution in [0, 0.1) is 0 Å². The molecular weight excluding hydrogens is 315 g/mol. The first-order valence-corrected chi connectivity index (χ1v) is 8.33. The van der Waals surface area contributed by atoms with E-state index < -0.39 is 13.8 Å². The molecule has 0 fully saturated rings. The maximum Gasteiger partial charge on any atom is 0.587 e. The van der Waals surface area contributed by atoms with Crippen LogP contribution in [0.25, 0.3) is 10.8 Å². The van der Waals surface area contributed by atoms with E-state index in [1.807, 2.05) is 24.3 Å². The number of benzene rings is 3. The first-order valence-electron chi connectivity index (χ1n) is 6.84. The van der Waals surface area contributed by atoms with E-state index in [4.69, 9.17) is 4.52 Å². The Bertz CT molecular complexity index is 892. The molecule has 0 aliphatic heterocycles. The zero-order valence-corrected chi connectivity index (χ0v) is 12.9. The van der Waals surface area contributed by atoms with Gasteiger partial charge in [0.2, 0.25) is 0 Å². The van der Waals surface area contributed by atoms with Crippen molar-refractivity contribution in [2.45, 2.75) is 0 Å². The monoisotopic (exact) mass is 328 g/mol. The molecule has 0 amide bonds. The first-order chi connectivity index (χ1) is 11.0. The van der Waals surface area contributed by atoms with E-state index in [1.165, 1.54) is 12.1 Å². The number of carbonyl (C=O) groups is 1. The van der Waals surface area contributed by atoms with Gasteiger partial charge in [0.15, 0.2) is 0 Å². The quantitative estimate of drug-likeness (QED) is 0.728. The summed E-state index contributed by atoms with van der Waals surface area (Å²) in [4.78, 5) is 21.6. The molecule has 23 heavy (non-hydrogen) atoms. The molecule has 1 atom stereocenters. The van der Waals surface area contributed by atoms with Crippen LogP contribution >= 0.6 is 7.82 Å². The summed E-state index contributed by atoms with van der Waals surface area (Å²) >= 11 is 0. The Labute approximate surface area is 132 Å². The molecule has 1 N–H and O–H groups in total. The van der Waals surface area contributed by atoms with E-state index >= 15 is 0 Å². The third-order valence-corrected chi connectivity index (χ3v) is 3.99. The van der Waals surface area contributed by atoms with E-state index in [2.05, 4.69) is 4.52 Å². The van der Waals surface area contributed by atoms with Crippen molar-refractivity contribution in [1.82, 2.24) is 0 Å². The number of phosphoric acid groups is 1. The molecule has 1 unspecified atom stereocenters. The molecule has 0 spiro atoms. The summed E-state index contributed by atoms with van der Waals surface area (Å²) in [6.07, 6.45) is 0. The van der Waals surface area contributed by atoms with Gasteiger partial charge in [-0.15, -0.1) is 0 Å². The minimum absolute atomic E-state index is 0.149. The summed E-state index contributed by atoms with van der Waals surface area (Å²) in [6, 6.07) is 20.3. The van der Waals surface area contributed by atoms with E-state index in [1.54, 1.807) is 36.4 Å². The largest absolute Gasteiger partial charge is 0.587 e. The van der Waals surface area contributed by atoms with Crippen molar-refractivity contribution in [2.24, 2.45) is 0 Å². The Morgan fingerprint density at radius 2 is 1.52 bits per heavy atom. The fourth-order valence-electron chi connectivity index (χ4n) is 2.11. The molecule has 0 aliphatic rings. The topological polar surface area (TPSA) is 72.8 Å². The van der Waals surface area contributed by atoms with Gasteiger partial charge in [0, 0.05) is 0 Å². The fourth-order valence-corrected chi connectivity index (χ4v) is 2.84. The molecule has 3 aromatic rings. The number of hydrogen-bond acceptors (Lipinski definition) is 4. The van der Waals surface area contributed by atoms with Crippen LogP contribution in [0.1, 0.15) is 10.4 Å². The highest BCUT2D eigenvalue weighted by molar-refractivity contribution is 7.48. The van der Waals surface area contributed by atoms with Crippen LogP contribution in [-0.4, -0.2) is 10.9 Å². The van der Waals surface area contributed by atoms with Gasteiger partial charge in [-0.25, -0.2) is 9.36 Å². The Hall–Kier alpha value is -2.62. The zero-order chi connectivity index (χ0) is 16.3. The van der Waals surface area contributed by atoms with Crippen LogP contribution in [-0.2, 0) is 9.09 Å². The van der Waals surface area contributed by atoms with Crippen LogP contribution in [0.15, 0.2) is 72.8 Å². The van der Waals surface area contributed by atoms with Gasteiger partial charge in [-0.3, -0.25) is 4.89 Å². The molecule has 6 heteroatoms. The normalized spacial score (nSPS) is 13.3. The van der Waals surface area contributed by atoms with Crippen molar-refractivity contribution in [3.05, 3.63) is 78.4 Å². The maximum absolute atomic E-state index is 12.0. The molecule has 0 saturated carbocycles. The smallest absolute Gasteiger partial charge is 0.395 e. The molecule has 3 aromatic carbocycles. The molecule has 0 radical (unpaired) electrons. The Kier molecular flexibility index (Phi) is 4.15. The lowest BCUT2D eigenvalue weighted by atomic mass is 10.1. The molecule has 5 nitrogen and oxygen atoms in total. The second-order valence-electron chi connectivity index (χ2n) is 4.81. The van der Waals surface area contributed by atoms with Crippen molar-refractivity contribution in [1.29, 1.82) is 0 Å². The Morgan fingerprint density at radius 1 is 0.870 bits per heavy atom. The molecule has 0 aromatic heterocycles. The lowest BCUT2D eigenvalue weighted by Crippen LogP contribution is -2.06. The lowest BCUT2D eigenvalue weighted by Gasteiger charge is -2.13. The minimum Gasteiger partial charge on any atom is -0.395 e. The number of rotatable bonds is 4. The van der Waals surface area contributed by atoms with Gasteiger partial charge in [0.05, 0.1) is 5.56 Å². The van der Waals surface area contributed by atoms with Crippen LogP contribution in [0.4, 0.5) is 0 Å². The van der Waals surface area contributed by atoms with E-state index in [9.17, 15) is 14.3 Å². The SMILES string of the molecule is O=C(OP(=O)(O)Oc1ccc2ccccc2c1)c1ccccc1. The third-order valence-electron chi connectivity index (χ3n) is 3.15. The van der Waals surface area contributed by atoms with Crippen molar-refractivity contribution in [3.63, 3.8) is 0 Å². The minimum atomic E-state index is -4.56. The van der Waals surface area contributed by atoms with E-state index in [-0.39, 0.29) is 11.3 Å². The average Bonchev–Trinajstić information content (AvgIpc) is 2.54. The van der Waals surface area contributed by atoms with Gasteiger partial charge in [-0.2, -0.15) is 0 Å². The second-order valence-corrected chi connectivity index (χ2v) is 6.12. The van der Waals surface area contributed by atoms with Crippen molar-refractivity contribution in [2.75, 3.05) is 0 Å². The standard InChI is InChI=1S/C17H13O5P/c18-17(14-7-2-1-3-8-14)22-23(19,20)21-16-11-10-13-6-4-5-9-15(13)12-16/h1-12H,(H,19,20). The highest BCUT2D eigenvalue weighted by Gasteiger charge is 2.28. The van der Waals surface area contributed by atoms with E-state index in [0.717, 1.165) is 10.8 Å². The number of carbonyl (C=O) groups excluding carboxylic acids is 1. The summed E-state index contributed by atoms with van der Waals surface area (Å²) in [5.74, 6) is -0.771. The summed E-state index contributed by atoms with van der Waals surface area (Å²) in [5, 5.41) is 1.81. The molecule has 3 rings (SSSR count). The van der Waals surface area contributed by atoms with Crippen LogP contribution in [0.5, 0.6) is 5.75 Å². The molecule has 0 saturated heterocycles. The predicted octanol–water partition coefficient (Wildman–Crippen LogP) is 4.18. The van der Waals surface area contributed by atoms with Crippen molar-refractivity contribution in [3.8, 4) is 5.75 Å². The number of fused-ring (bicyclic) bond motifs is 1. The zero-order valence-electron chi connectivity index (χ0n) is 12.0. The number of hydrogen-bond donors (Lipinski definition) is 1. The van der Waals surface area contributed by atoms with E-state index in [0.29, 0.717) is 0 Å². The van der Waals surface area contributed by atoms with Crippen LogP contribution in [0.3, 0.4) is 0 Å². The molecule has 0 heterocycles. The summed E-state index contributed by atoms with van der Waals surface area (Å²) in [5.41, 5.74) is 0.170. The van der Waals surface area contributed by atoms with Crippen LogP contribution in [0.2, 0.25) is 0 Å². The van der Waals surface area contributed by atoms with Gasteiger partial charge in [-0.05, 0) is 35.0 Å². The highest BCUT2D eigenvalue weighted by Crippen LogP contribution is 2.45. The Balaban J connectivity index is 1.77. The predicted molar refractivity (Wildman–Crippen MR) is 86.3 cm³/mol. The molecule has 0 bridgehead atoms.